The monoisotopic (exact) mass is 607 g/mol. The Labute approximate surface area is 257 Å². The number of esters is 1. The zero-order valence-electron chi connectivity index (χ0n) is 25.4. The van der Waals surface area contributed by atoms with Crippen molar-refractivity contribution >= 4 is 35.1 Å². The smallest absolute Gasteiger partial charge is 0.316 e. The first-order chi connectivity index (χ1) is 20.3. The van der Waals surface area contributed by atoms with Gasteiger partial charge >= 0.3 is 5.97 Å². The van der Waals surface area contributed by atoms with Gasteiger partial charge in [-0.1, -0.05) is 33.8 Å². The number of carbonyl (C=O) groups excluding carboxylic acids is 3. The molecule has 0 aliphatic heterocycles. The molecule has 3 fully saturated rings. The van der Waals surface area contributed by atoms with E-state index in [1.807, 2.05) is 19.1 Å². The number of thioether (sulfide) groups is 1. The van der Waals surface area contributed by atoms with Crippen molar-refractivity contribution in [3.05, 3.63) is 72.6 Å². The Bertz CT molecular complexity index is 1400. The number of rotatable bonds is 7. The number of amides is 1. The van der Waals surface area contributed by atoms with Crippen LogP contribution in [-0.2, 0) is 14.3 Å². The fraction of sp³-hybridized carbons (Fsp3) is 0.514. The predicted octanol–water partition coefficient (Wildman–Crippen LogP) is 7.08. The highest BCUT2D eigenvalue weighted by Crippen LogP contribution is 2.68. The molecule has 0 aromatic heterocycles. The van der Waals surface area contributed by atoms with Gasteiger partial charge in [-0.15, -0.1) is 18.3 Å². The molecule has 3 aliphatic carbocycles. The second-order valence-electron chi connectivity index (χ2n) is 13.3. The average Bonchev–Trinajstić information content (AvgIpc) is 3.35. The Hall–Kier alpha value is -2.97. The van der Waals surface area contributed by atoms with Crippen molar-refractivity contribution in [2.75, 3.05) is 11.1 Å². The van der Waals surface area contributed by atoms with E-state index in [-0.39, 0.29) is 46.6 Å². The molecule has 5 rings (SSSR count). The predicted molar refractivity (Wildman–Crippen MR) is 166 cm³/mol. The van der Waals surface area contributed by atoms with Crippen LogP contribution in [0.1, 0.15) is 70.2 Å². The van der Waals surface area contributed by atoms with E-state index in [9.17, 15) is 23.9 Å². The van der Waals surface area contributed by atoms with E-state index >= 15 is 0 Å². The van der Waals surface area contributed by atoms with Crippen molar-refractivity contribution in [1.29, 1.82) is 0 Å². The molecule has 3 saturated carbocycles. The molecule has 8 atom stereocenters. The van der Waals surface area contributed by atoms with E-state index in [0.29, 0.717) is 24.1 Å². The highest BCUT2D eigenvalue weighted by molar-refractivity contribution is 8.00. The van der Waals surface area contributed by atoms with Crippen molar-refractivity contribution in [3.63, 3.8) is 0 Å². The van der Waals surface area contributed by atoms with Gasteiger partial charge in [0.15, 0.2) is 0 Å². The van der Waals surface area contributed by atoms with Crippen molar-refractivity contribution in [2.45, 2.75) is 76.9 Å². The zero-order valence-corrected chi connectivity index (χ0v) is 26.2. The van der Waals surface area contributed by atoms with Gasteiger partial charge in [0.1, 0.15) is 17.7 Å². The first-order valence-electron chi connectivity index (χ1n) is 15.2. The second-order valence-corrected chi connectivity index (χ2v) is 14.4. The molecule has 2 bridgehead atoms. The van der Waals surface area contributed by atoms with Crippen LogP contribution in [0.2, 0.25) is 0 Å². The fourth-order valence-corrected chi connectivity index (χ4v) is 8.96. The first kappa shape index (κ1) is 31.5. The van der Waals surface area contributed by atoms with Gasteiger partial charge in [-0.05, 0) is 91.5 Å². The maximum atomic E-state index is 13.6. The largest absolute Gasteiger partial charge is 0.461 e. The van der Waals surface area contributed by atoms with Crippen LogP contribution in [0, 0.1) is 39.8 Å². The fourth-order valence-electron chi connectivity index (χ4n) is 8.28. The summed E-state index contributed by atoms with van der Waals surface area (Å²) in [5, 5.41) is 14.5. The Morgan fingerprint density at radius 2 is 1.79 bits per heavy atom. The summed E-state index contributed by atoms with van der Waals surface area (Å²) in [6.45, 7) is 12.5. The second kappa shape index (κ2) is 11.8. The topological polar surface area (TPSA) is 92.7 Å². The highest BCUT2D eigenvalue weighted by Gasteiger charge is 2.68. The molecule has 0 unspecified atom stereocenters. The number of benzene rings is 2. The van der Waals surface area contributed by atoms with E-state index in [1.54, 1.807) is 18.2 Å². The normalized spacial score (nSPS) is 35.3. The lowest BCUT2D eigenvalue weighted by molar-refractivity contribution is -0.205. The number of Topliss-reactive ketones (excluding diaryl/α,β-unsaturated/α-hetero) is 1. The summed E-state index contributed by atoms with van der Waals surface area (Å²) >= 11 is 1.33. The molecule has 3 aliphatic rings. The van der Waals surface area contributed by atoms with Crippen molar-refractivity contribution in [1.82, 2.24) is 0 Å². The molecule has 1 amide bonds. The molecule has 230 valence electrons. The number of halogens is 1. The summed E-state index contributed by atoms with van der Waals surface area (Å²) in [5.41, 5.74) is -0.599. The number of anilines is 1. The minimum atomic E-state index is -0.700. The molecule has 0 spiro atoms. The van der Waals surface area contributed by atoms with Gasteiger partial charge in [0.25, 0.3) is 5.91 Å². The molecule has 8 heteroatoms. The molecular weight excluding hydrogens is 565 g/mol. The molecule has 2 aromatic rings. The minimum Gasteiger partial charge on any atom is -0.461 e. The number of aliphatic hydroxyl groups is 1. The van der Waals surface area contributed by atoms with E-state index in [0.717, 1.165) is 24.2 Å². The number of aliphatic hydroxyl groups excluding tert-OH is 1. The molecule has 0 saturated heterocycles. The Morgan fingerprint density at radius 3 is 2.44 bits per heavy atom. The maximum absolute atomic E-state index is 13.6. The molecule has 43 heavy (non-hydrogen) atoms. The van der Waals surface area contributed by atoms with Gasteiger partial charge in [0.05, 0.1) is 11.9 Å². The summed E-state index contributed by atoms with van der Waals surface area (Å²) < 4.78 is 19.5. The van der Waals surface area contributed by atoms with Crippen LogP contribution in [-0.4, -0.2) is 40.7 Å². The summed E-state index contributed by atoms with van der Waals surface area (Å²) in [6, 6.07) is 12.5. The van der Waals surface area contributed by atoms with Crippen LogP contribution in [0.25, 0.3) is 0 Å². The van der Waals surface area contributed by atoms with Gasteiger partial charge in [-0.2, -0.15) is 0 Å². The van der Waals surface area contributed by atoms with Crippen LogP contribution in [0.5, 0.6) is 0 Å². The quantitative estimate of drug-likeness (QED) is 0.199. The molecular formula is C35H42FNO5S. The summed E-state index contributed by atoms with van der Waals surface area (Å²) in [5.74, 6) is -0.964. The van der Waals surface area contributed by atoms with Gasteiger partial charge < -0.3 is 15.2 Å². The van der Waals surface area contributed by atoms with E-state index in [2.05, 4.69) is 32.7 Å². The Morgan fingerprint density at radius 1 is 1.12 bits per heavy atom. The van der Waals surface area contributed by atoms with Crippen LogP contribution >= 0.6 is 11.8 Å². The van der Waals surface area contributed by atoms with Crippen LogP contribution in [0.3, 0.4) is 0 Å². The number of ether oxygens (including phenoxy) is 1. The third kappa shape index (κ3) is 5.57. The van der Waals surface area contributed by atoms with E-state index in [4.69, 9.17) is 4.74 Å². The number of carbonyl (C=O) groups is 3. The molecule has 2 aromatic carbocycles. The van der Waals surface area contributed by atoms with Gasteiger partial charge in [-0.3, -0.25) is 14.4 Å². The van der Waals surface area contributed by atoms with E-state index < -0.39 is 28.9 Å². The first-order valence-corrected chi connectivity index (χ1v) is 16.2. The third-order valence-corrected chi connectivity index (χ3v) is 12.1. The maximum Gasteiger partial charge on any atom is 0.316 e. The van der Waals surface area contributed by atoms with Gasteiger partial charge in [0.2, 0.25) is 0 Å². The average molecular weight is 608 g/mol. The Kier molecular flexibility index (Phi) is 8.67. The van der Waals surface area contributed by atoms with Crippen LogP contribution < -0.4 is 5.32 Å². The summed E-state index contributed by atoms with van der Waals surface area (Å²) in [7, 11) is 0. The molecule has 2 N–H and O–H groups in total. The molecule has 0 radical (unpaired) electrons. The SMILES string of the molecule is C=C[C@]1(C)C[C@@H](OC(=O)CSc2ccc(NC(=O)c3ccc(F)cc3)cc2)[C@]2(C)[C@H](C)CC[C@]3(CCC(=O)[C@H]32)[C@@H](C)[C@@H]1O. The molecule has 6 nitrogen and oxygen atoms in total. The number of hydrogen-bond donors (Lipinski definition) is 2. The lowest BCUT2D eigenvalue weighted by atomic mass is 9.44. The standard InChI is InChI=1S/C35H42FNO5S/c1-6-33(4)19-28(34(5)21(2)15-17-35(22(3)31(33)40)18-16-27(38)30(34)35)42-29(39)20-43-26-13-11-25(12-14-26)37-32(41)23-7-9-24(36)10-8-23/h6-14,21-22,28,30-31,40H,1,15-20H2,2-5H3,(H,37,41)/t21-,22+,28-,30+,31+,33-,34+,35+/m1/s1. The summed E-state index contributed by atoms with van der Waals surface area (Å²) in [4.78, 5) is 40.2. The van der Waals surface area contributed by atoms with Crippen molar-refractivity contribution in [2.24, 2.45) is 34.0 Å². The number of hydrogen-bond acceptors (Lipinski definition) is 6. The van der Waals surface area contributed by atoms with Crippen LogP contribution in [0.4, 0.5) is 10.1 Å². The van der Waals surface area contributed by atoms with E-state index in [1.165, 1.54) is 36.0 Å². The van der Waals surface area contributed by atoms with Crippen molar-refractivity contribution in [3.8, 4) is 0 Å². The molecule has 0 heterocycles. The number of ketones is 1. The van der Waals surface area contributed by atoms with Gasteiger partial charge in [0, 0.05) is 39.3 Å². The highest BCUT2D eigenvalue weighted by atomic mass is 32.2. The Balaban J connectivity index is 1.30. The lowest BCUT2D eigenvalue weighted by Gasteiger charge is -2.61. The third-order valence-electron chi connectivity index (χ3n) is 11.2. The minimum absolute atomic E-state index is 0.0746. The zero-order chi connectivity index (χ0) is 31.2. The van der Waals surface area contributed by atoms with Gasteiger partial charge in [-0.25, -0.2) is 4.39 Å². The number of nitrogens with one attached hydrogen (secondary N) is 1. The lowest BCUT2D eigenvalue weighted by Crippen LogP contribution is -2.63. The van der Waals surface area contributed by atoms with Crippen molar-refractivity contribution < 1.29 is 28.6 Å². The summed E-state index contributed by atoms with van der Waals surface area (Å²) in [6.07, 6.45) is 4.05. The van der Waals surface area contributed by atoms with Crippen LogP contribution in [0.15, 0.2) is 66.1 Å².